The van der Waals surface area contributed by atoms with Gasteiger partial charge in [-0.15, -0.1) is 0 Å². The van der Waals surface area contributed by atoms with Gasteiger partial charge in [0.25, 0.3) is 0 Å². The third kappa shape index (κ3) is 2.39. The van der Waals surface area contributed by atoms with Gasteiger partial charge in [0, 0.05) is 24.0 Å². The van der Waals surface area contributed by atoms with Crippen molar-refractivity contribution in [2.75, 3.05) is 7.11 Å². The number of nitrogens with zero attached hydrogens (tertiary/aromatic N) is 3. The van der Waals surface area contributed by atoms with Gasteiger partial charge in [-0.1, -0.05) is 0 Å². The first-order chi connectivity index (χ1) is 7.67. The molecule has 2 heterocycles. The lowest BCUT2D eigenvalue weighted by Crippen LogP contribution is -2.04. The van der Waals surface area contributed by atoms with Crippen molar-refractivity contribution in [2.45, 2.75) is 20.4 Å². The fraction of sp³-hybridized carbons (Fsp3) is 0.333. The van der Waals surface area contributed by atoms with E-state index < -0.39 is 0 Å². The van der Waals surface area contributed by atoms with Crippen LogP contribution in [0, 0.1) is 13.8 Å². The number of rotatable bonds is 3. The smallest absolute Gasteiger partial charge is 0.122 e. The molecule has 0 aromatic carbocycles. The number of hydrogen-bond acceptors (Lipinski definition) is 3. The molecule has 0 aliphatic rings. The van der Waals surface area contributed by atoms with E-state index >= 15 is 0 Å². The first-order valence-electron chi connectivity index (χ1n) is 5.19. The molecule has 4 heteroatoms. The van der Waals surface area contributed by atoms with Crippen LogP contribution in [0.1, 0.15) is 17.1 Å². The highest BCUT2D eigenvalue weighted by molar-refractivity contribution is 5.26. The molecular weight excluding hydrogens is 202 g/mol. The summed E-state index contributed by atoms with van der Waals surface area (Å²) in [7, 11) is 1.66. The van der Waals surface area contributed by atoms with E-state index in [-0.39, 0.29) is 0 Å². The zero-order valence-electron chi connectivity index (χ0n) is 9.77. The van der Waals surface area contributed by atoms with Crippen molar-refractivity contribution in [3.05, 3.63) is 41.5 Å². The van der Waals surface area contributed by atoms with Crippen molar-refractivity contribution in [2.24, 2.45) is 0 Å². The normalized spacial score (nSPS) is 10.4. The van der Waals surface area contributed by atoms with Crippen molar-refractivity contribution >= 4 is 0 Å². The molecule has 0 fully saturated rings. The van der Waals surface area contributed by atoms with E-state index in [2.05, 4.69) is 10.1 Å². The van der Waals surface area contributed by atoms with E-state index in [0.29, 0.717) is 6.54 Å². The van der Waals surface area contributed by atoms with Crippen molar-refractivity contribution < 1.29 is 4.74 Å². The molecule has 4 nitrogen and oxygen atoms in total. The minimum Gasteiger partial charge on any atom is -0.497 e. The summed E-state index contributed by atoms with van der Waals surface area (Å²) in [5, 5.41) is 4.33. The van der Waals surface area contributed by atoms with Crippen LogP contribution in [0.5, 0.6) is 5.75 Å². The van der Waals surface area contributed by atoms with E-state index in [0.717, 1.165) is 22.8 Å². The lowest BCUT2D eigenvalue weighted by Gasteiger charge is -2.06. The average molecular weight is 217 g/mol. The second-order valence-corrected chi connectivity index (χ2v) is 3.79. The molecule has 0 bridgehead atoms. The molecule has 0 saturated heterocycles. The molecule has 16 heavy (non-hydrogen) atoms. The van der Waals surface area contributed by atoms with Crippen molar-refractivity contribution in [3.8, 4) is 5.75 Å². The zero-order valence-corrected chi connectivity index (χ0v) is 9.77. The Bertz CT molecular complexity index is 491. The van der Waals surface area contributed by atoms with Crippen LogP contribution in [0.15, 0.2) is 24.4 Å². The molecule has 0 radical (unpaired) electrons. The first kappa shape index (κ1) is 10.7. The molecule has 2 rings (SSSR count). The standard InChI is InChI=1S/C12H15N3O/c1-9-4-5-15(14-9)8-11-7-12(16-3)6-10(2)13-11/h4-7H,8H2,1-3H3. The van der Waals surface area contributed by atoms with Gasteiger partial charge < -0.3 is 4.74 Å². The summed E-state index contributed by atoms with van der Waals surface area (Å²) in [6, 6.07) is 5.83. The van der Waals surface area contributed by atoms with Gasteiger partial charge in [0.05, 0.1) is 25.0 Å². The Morgan fingerprint density at radius 2 is 2.06 bits per heavy atom. The van der Waals surface area contributed by atoms with Crippen molar-refractivity contribution in [1.29, 1.82) is 0 Å². The van der Waals surface area contributed by atoms with E-state index in [1.807, 2.05) is 42.9 Å². The minimum atomic E-state index is 0.672. The van der Waals surface area contributed by atoms with Gasteiger partial charge in [0.15, 0.2) is 0 Å². The maximum atomic E-state index is 5.21. The third-order valence-corrected chi connectivity index (χ3v) is 2.31. The maximum absolute atomic E-state index is 5.21. The Kier molecular flexibility index (Phi) is 2.90. The van der Waals surface area contributed by atoms with Crippen LogP contribution in [0.25, 0.3) is 0 Å². The summed E-state index contributed by atoms with van der Waals surface area (Å²) in [5.74, 6) is 0.839. The monoisotopic (exact) mass is 217 g/mol. The van der Waals surface area contributed by atoms with Crippen LogP contribution in [0.4, 0.5) is 0 Å². The number of hydrogen-bond donors (Lipinski definition) is 0. The van der Waals surface area contributed by atoms with Crippen LogP contribution in [0.3, 0.4) is 0 Å². The second kappa shape index (κ2) is 4.35. The highest BCUT2D eigenvalue weighted by Gasteiger charge is 2.02. The maximum Gasteiger partial charge on any atom is 0.122 e. The average Bonchev–Trinajstić information content (AvgIpc) is 2.63. The van der Waals surface area contributed by atoms with Crippen LogP contribution < -0.4 is 4.74 Å². The fourth-order valence-electron chi connectivity index (χ4n) is 1.62. The molecule has 2 aromatic rings. The van der Waals surface area contributed by atoms with Crippen molar-refractivity contribution in [3.63, 3.8) is 0 Å². The van der Waals surface area contributed by atoms with Gasteiger partial charge in [0.2, 0.25) is 0 Å². The summed E-state index contributed by atoms with van der Waals surface area (Å²) in [5.41, 5.74) is 2.93. The summed E-state index contributed by atoms with van der Waals surface area (Å²) >= 11 is 0. The number of aryl methyl sites for hydroxylation is 2. The molecular formula is C12H15N3O. The van der Waals surface area contributed by atoms with Crippen LogP contribution in [0.2, 0.25) is 0 Å². The number of pyridine rings is 1. The lowest BCUT2D eigenvalue weighted by atomic mass is 10.3. The molecule has 0 spiro atoms. The van der Waals surface area contributed by atoms with Gasteiger partial charge in [-0.2, -0.15) is 5.10 Å². The Labute approximate surface area is 94.9 Å². The van der Waals surface area contributed by atoms with Crippen molar-refractivity contribution in [1.82, 2.24) is 14.8 Å². The summed E-state index contributed by atoms with van der Waals surface area (Å²) in [4.78, 5) is 4.45. The molecule has 0 saturated carbocycles. The SMILES string of the molecule is COc1cc(C)nc(Cn2ccc(C)n2)c1. The van der Waals surface area contributed by atoms with Gasteiger partial charge in [-0.3, -0.25) is 9.67 Å². The highest BCUT2D eigenvalue weighted by Crippen LogP contribution is 2.14. The highest BCUT2D eigenvalue weighted by atomic mass is 16.5. The molecule has 0 unspecified atom stereocenters. The Hall–Kier alpha value is -1.84. The number of aromatic nitrogens is 3. The summed E-state index contributed by atoms with van der Waals surface area (Å²) in [6.45, 7) is 4.60. The Morgan fingerprint density at radius 3 is 2.69 bits per heavy atom. The van der Waals surface area contributed by atoms with E-state index in [4.69, 9.17) is 4.74 Å². The van der Waals surface area contributed by atoms with Gasteiger partial charge in [-0.25, -0.2) is 0 Å². The Balaban J connectivity index is 2.24. The molecule has 0 amide bonds. The lowest BCUT2D eigenvalue weighted by molar-refractivity contribution is 0.412. The largest absolute Gasteiger partial charge is 0.497 e. The van der Waals surface area contributed by atoms with Crippen LogP contribution in [-0.4, -0.2) is 21.9 Å². The third-order valence-electron chi connectivity index (χ3n) is 2.31. The van der Waals surface area contributed by atoms with E-state index in [9.17, 15) is 0 Å². The second-order valence-electron chi connectivity index (χ2n) is 3.79. The topological polar surface area (TPSA) is 39.9 Å². The molecule has 2 aromatic heterocycles. The Morgan fingerprint density at radius 1 is 1.25 bits per heavy atom. The van der Waals surface area contributed by atoms with E-state index in [1.165, 1.54) is 0 Å². The van der Waals surface area contributed by atoms with Gasteiger partial charge in [-0.05, 0) is 19.9 Å². The first-order valence-corrected chi connectivity index (χ1v) is 5.19. The quantitative estimate of drug-likeness (QED) is 0.789. The molecule has 84 valence electrons. The number of ether oxygens (including phenoxy) is 1. The zero-order chi connectivity index (χ0) is 11.5. The molecule has 0 aliphatic heterocycles. The predicted octanol–water partition coefficient (Wildman–Crippen LogP) is 1.95. The molecule has 0 N–H and O–H groups in total. The van der Waals surface area contributed by atoms with Gasteiger partial charge >= 0.3 is 0 Å². The van der Waals surface area contributed by atoms with Gasteiger partial charge in [0.1, 0.15) is 5.75 Å². The number of methoxy groups -OCH3 is 1. The predicted molar refractivity (Wildman–Crippen MR) is 61.6 cm³/mol. The minimum absolute atomic E-state index is 0.672. The fourth-order valence-corrected chi connectivity index (χ4v) is 1.62. The molecule has 0 aliphatic carbocycles. The van der Waals surface area contributed by atoms with E-state index in [1.54, 1.807) is 7.11 Å². The van der Waals surface area contributed by atoms with Crippen LogP contribution >= 0.6 is 0 Å². The van der Waals surface area contributed by atoms with Crippen LogP contribution in [-0.2, 0) is 6.54 Å². The summed E-state index contributed by atoms with van der Waals surface area (Å²) in [6.07, 6.45) is 1.95. The summed E-state index contributed by atoms with van der Waals surface area (Å²) < 4.78 is 7.08. The molecule has 0 atom stereocenters.